The van der Waals surface area contributed by atoms with Crippen molar-refractivity contribution < 1.29 is 19.4 Å². The quantitative estimate of drug-likeness (QED) is 0.654. The minimum atomic E-state index is -1.00. The van der Waals surface area contributed by atoms with Crippen LogP contribution in [0.3, 0.4) is 0 Å². The van der Waals surface area contributed by atoms with Gasteiger partial charge in [-0.3, -0.25) is 4.79 Å². The molecule has 1 aliphatic carbocycles. The zero-order chi connectivity index (χ0) is 19.5. The lowest BCUT2D eigenvalue weighted by molar-refractivity contribution is -0.137. The third-order valence-electron chi connectivity index (χ3n) is 4.87. The zero-order valence-electron chi connectivity index (χ0n) is 14.9. The molecule has 0 bridgehead atoms. The Bertz CT molecular complexity index is 958. The number of hydrogen-bond acceptors (Lipinski definition) is 5. The van der Waals surface area contributed by atoms with Crippen LogP contribution in [0.4, 0.5) is 4.79 Å². The molecule has 7 heteroatoms. The van der Waals surface area contributed by atoms with Gasteiger partial charge in [0.05, 0.1) is 12.5 Å². The Labute approximate surface area is 166 Å². The summed E-state index contributed by atoms with van der Waals surface area (Å²) in [5.41, 5.74) is 5.21. The van der Waals surface area contributed by atoms with E-state index >= 15 is 0 Å². The fourth-order valence-electron chi connectivity index (χ4n) is 3.59. The van der Waals surface area contributed by atoms with E-state index in [1.165, 1.54) is 11.5 Å². The number of benzene rings is 2. The minimum Gasteiger partial charge on any atom is -0.481 e. The maximum absolute atomic E-state index is 12.4. The molecule has 2 N–H and O–H groups in total. The van der Waals surface area contributed by atoms with Crippen molar-refractivity contribution in [1.82, 2.24) is 9.69 Å². The van der Waals surface area contributed by atoms with E-state index < -0.39 is 18.1 Å². The number of ether oxygens (including phenoxy) is 1. The molecule has 0 unspecified atom stereocenters. The number of carboxylic acid groups (broad SMARTS) is 1. The van der Waals surface area contributed by atoms with Crippen LogP contribution >= 0.6 is 11.5 Å². The highest BCUT2D eigenvalue weighted by Crippen LogP contribution is 2.44. The molecule has 0 aliphatic heterocycles. The Morgan fingerprint density at radius 2 is 1.75 bits per heavy atom. The fraction of sp³-hybridized carbons (Fsp3) is 0.190. The first kappa shape index (κ1) is 18.2. The number of amides is 1. The molecule has 0 spiro atoms. The van der Waals surface area contributed by atoms with Gasteiger partial charge in [-0.2, -0.15) is 0 Å². The topological polar surface area (TPSA) is 88.5 Å². The van der Waals surface area contributed by atoms with Crippen LogP contribution in [-0.4, -0.2) is 28.1 Å². The third kappa shape index (κ3) is 3.61. The summed E-state index contributed by atoms with van der Waals surface area (Å²) in [7, 11) is 0. The summed E-state index contributed by atoms with van der Waals surface area (Å²) >= 11 is 1.21. The molecule has 1 atom stereocenters. The van der Waals surface area contributed by atoms with E-state index in [1.54, 1.807) is 11.6 Å². The molecule has 1 heterocycles. The largest absolute Gasteiger partial charge is 0.481 e. The Kier molecular flexibility index (Phi) is 5.08. The van der Waals surface area contributed by atoms with Gasteiger partial charge in [0.1, 0.15) is 6.61 Å². The average Bonchev–Trinajstić information content (AvgIpc) is 3.32. The first-order valence-electron chi connectivity index (χ1n) is 8.86. The van der Waals surface area contributed by atoms with Gasteiger partial charge in [0.25, 0.3) is 0 Å². The number of nitrogens with zero attached hydrogens (tertiary/aromatic N) is 1. The van der Waals surface area contributed by atoms with Crippen LogP contribution in [0, 0.1) is 0 Å². The molecule has 0 saturated heterocycles. The van der Waals surface area contributed by atoms with Crippen LogP contribution in [0.5, 0.6) is 0 Å². The third-order valence-corrected chi connectivity index (χ3v) is 5.47. The second-order valence-corrected chi connectivity index (χ2v) is 7.24. The summed E-state index contributed by atoms with van der Waals surface area (Å²) in [6.45, 7) is 0.182. The molecule has 28 heavy (non-hydrogen) atoms. The Morgan fingerprint density at radius 1 is 1.11 bits per heavy atom. The maximum atomic E-state index is 12.4. The molecule has 1 aromatic heterocycles. The summed E-state index contributed by atoms with van der Waals surface area (Å²) in [4.78, 5) is 23.5. The number of carbonyl (C=O) groups is 2. The van der Waals surface area contributed by atoms with Crippen LogP contribution in [-0.2, 0) is 9.53 Å². The van der Waals surface area contributed by atoms with Crippen LogP contribution < -0.4 is 5.32 Å². The average molecular weight is 394 g/mol. The van der Waals surface area contributed by atoms with E-state index in [-0.39, 0.29) is 18.9 Å². The van der Waals surface area contributed by atoms with Gasteiger partial charge in [0.15, 0.2) is 0 Å². The number of rotatable bonds is 6. The Hall–Kier alpha value is -3.19. The SMILES string of the molecule is O=C(O)C[C@H](NC(=O)OCC1c2ccccc2-c2ccccc21)c1cnsc1. The standard InChI is InChI=1S/C21H18N2O4S/c24-20(25)9-19(13-10-22-28-12-13)23-21(26)27-11-18-16-7-3-1-5-14(16)15-6-2-4-8-17(15)18/h1-8,10,12,18-19H,9,11H2,(H,23,26)(H,24,25)/t19-/m0/s1. The second kappa shape index (κ2) is 7.82. The molecule has 3 aromatic rings. The number of fused-ring (bicyclic) bond motifs is 3. The monoisotopic (exact) mass is 394 g/mol. The smallest absolute Gasteiger partial charge is 0.407 e. The van der Waals surface area contributed by atoms with Crippen molar-refractivity contribution in [1.29, 1.82) is 0 Å². The Balaban J connectivity index is 1.47. The maximum Gasteiger partial charge on any atom is 0.407 e. The zero-order valence-corrected chi connectivity index (χ0v) is 15.7. The first-order valence-corrected chi connectivity index (χ1v) is 9.69. The number of aromatic nitrogens is 1. The number of carbonyl (C=O) groups excluding carboxylic acids is 1. The molecule has 6 nitrogen and oxygen atoms in total. The van der Waals surface area contributed by atoms with Gasteiger partial charge >= 0.3 is 12.1 Å². The number of alkyl carbamates (subject to hydrolysis) is 1. The molecule has 4 rings (SSSR count). The summed E-state index contributed by atoms with van der Waals surface area (Å²) in [5, 5.41) is 13.5. The van der Waals surface area contributed by atoms with Gasteiger partial charge < -0.3 is 15.2 Å². The molecule has 1 aliphatic rings. The van der Waals surface area contributed by atoms with Crippen LogP contribution in [0.15, 0.2) is 60.1 Å². The molecule has 2 aromatic carbocycles. The summed E-state index contributed by atoms with van der Waals surface area (Å²) in [6, 6.07) is 15.5. The van der Waals surface area contributed by atoms with E-state index in [4.69, 9.17) is 9.84 Å². The molecule has 142 valence electrons. The van der Waals surface area contributed by atoms with Gasteiger partial charge in [-0.15, -0.1) is 0 Å². The van der Waals surface area contributed by atoms with Crippen LogP contribution in [0.2, 0.25) is 0 Å². The predicted octanol–water partition coefficient (Wildman–Crippen LogP) is 4.20. The first-order chi connectivity index (χ1) is 13.6. The second-order valence-electron chi connectivity index (χ2n) is 6.58. The van der Waals surface area contributed by atoms with Gasteiger partial charge in [-0.1, -0.05) is 48.5 Å². The van der Waals surface area contributed by atoms with Gasteiger partial charge in [0, 0.05) is 23.1 Å². The van der Waals surface area contributed by atoms with E-state index in [0.717, 1.165) is 22.3 Å². The molecular formula is C21H18N2O4S. The van der Waals surface area contributed by atoms with Crippen molar-refractivity contribution in [3.63, 3.8) is 0 Å². The lowest BCUT2D eigenvalue weighted by atomic mass is 9.98. The number of aliphatic carboxylic acids is 1. The molecular weight excluding hydrogens is 376 g/mol. The van der Waals surface area contributed by atoms with E-state index in [1.807, 2.05) is 36.4 Å². The van der Waals surface area contributed by atoms with Crippen molar-refractivity contribution in [3.8, 4) is 11.1 Å². The number of carboxylic acids is 1. The highest BCUT2D eigenvalue weighted by Gasteiger charge is 2.29. The molecule has 0 fully saturated rings. The molecule has 0 saturated carbocycles. The molecule has 0 radical (unpaired) electrons. The number of nitrogens with one attached hydrogen (secondary N) is 1. The fourth-order valence-corrected chi connectivity index (χ4v) is 4.18. The van der Waals surface area contributed by atoms with Crippen LogP contribution in [0.25, 0.3) is 11.1 Å². The molecule has 1 amide bonds. The summed E-state index contributed by atoms with van der Waals surface area (Å²) < 4.78 is 9.46. The predicted molar refractivity (Wildman–Crippen MR) is 105 cm³/mol. The van der Waals surface area contributed by atoms with Crippen LogP contribution in [0.1, 0.15) is 35.1 Å². The Morgan fingerprint density at radius 3 is 2.32 bits per heavy atom. The lowest BCUT2D eigenvalue weighted by Gasteiger charge is -2.18. The van der Waals surface area contributed by atoms with E-state index in [9.17, 15) is 9.59 Å². The lowest BCUT2D eigenvalue weighted by Crippen LogP contribution is -2.31. The summed E-state index contributed by atoms with van der Waals surface area (Å²) in [5.74, 6) is -1.05. The highest BCUT2D eigenvalue weighted by atomic mass is 32.1. The minimum absolute atomic E-state index is 0.0427. The van der Waals surface area contributed by atoms with Crippen molar-refractivity contribution >= 4 is 23.6 Å². The normalized spacial score (nSPS) is 13.4. The van der Waals surface area contributed by atoms with Crippen molar-refractivity contribution in [2.75, 3.05) is 6.61 Å². The van der Waals surface area contributed by atoms with Crippen molar-refractivity contribution in [2.45, 2.75) is 18.4 Å². The van der Waals surface area contributed by atoms with Gasteiger partial charge in [-0.25, -0.2) is 9.17 Å². The van der Waals surface area contributed by atoms with Crippen molar-refractivity contribution in [2.24, 2.45) is 0 Å². The van der Waals surface area contributed by atoms with Gasteiger partial charge in [0.2, 0.25) is 0 Å². The van der Waals surface area contributed by atoms with E-state index in [2.05, 4.69) is 21.8 Å². The number of hydrogen-bond donors (Lipinski definition) is 2. The highest BCUT2D eigenvalue weighted by molar-refractivity contribution is 7.03. The van der Waals surface area contributed by atoms with Crippen molar-refractivity contribution in [3.05, 3.63) is 76.8 Å². The van der Waals surface area contributed by atoms with E-state index in [0.29, 0.717) is 5.56 Å². The van der Waals surface area contributed by atoms with Gasteiger partial charge in [-0.05, 0) is 33.8 Å². The summed E-state index contributed by atoms with van der Waals surface area (Å²) in [6.07, 6.45) is 0.685.